The van der Waals surface area contributed by atoms with Crippen molar-refractivity contribution in [3.63, 3.8) is 0 Å². The number of esters is 1. The summed E-state index contributed by atoms with van der Waals surface area (Å²) < 4.78 is 9.18. The summed E-state index contributed by atoms with van der Waals surface area (Å²) in [6.45, 7) is 0. The molecular formula is C10H13NO5. The predicted octanol–water partition coefficient (Wildman–Crippen LogP) is -0.343. The van der Waals surface area contributed by atoms with Gasteiger partial charge >= 0.3 is 5.97 Å². The lowest BCUT2D eigenvalue weighted by Crippen LogP contribution is -2.29. The van der Waals surface area contributed by atoms with Gasteiger partial charge in [0.25, 0.3) is 0 Å². The van der Waals surface area contributed by atoms with Crippen molar-refractivity contribution in [2.45, 2.75) is 12.2 Å². The molecule has 6 heteroatoms. The fourth-order valence-electron chi connectivity index (χ4n) is 1.10. The number of methoxy groups -OCH3 is 2. The summed E-state index contributed by atoms with van der Waals surface area (Å²) in [5.41, 5.74) is 0.165. The van der Waals surface area contributed by atoms with Crippen molar-refractivity contribution in [2.75, 3.05) is 14.2 Å². The van der Waals surface area contributed by atoms with E-state index in [2.05, 4.69) is 9.72 Å². The summed E-state index contributed by atoms with van der Waals surface area (Å²) in [5.74, 6) is -0.395. The van der Waals surface area contributed by atoms with Gasteiger partial charge in [-0.15, -0.1) is 0 Å². The lowest BCUT2D eigenvalue weighted by atomic mass is 10.1. The number of hydrogen-bond donors (Lipinski definition) is 2. The van der Waals surface area contributed by atoms with Gasteiger partial charge in [-0.1, -0.05) is 0 Å². The SMILES string of the molecule is COC(=O)C(O)C(O)c1ccc(OC)cn1. The van der Waals surface area contributed by atoms with Crippen LogP contribution in [0.5, 0.6) is 5.75 Å². The fourth-order valence-corrected chi connectivity index (χ4v) is 1.10. The average molecular weight is 227 g/mol. The molecule has 0 aliphatic heterocycles. The van der Waals surface area contributed by atoms with Crippen LogP contribution < -0.4 is 4.74 Å². The maximum atomic E-state index is 11.0. The van der Waals surface area contributed by atoms with Gasteiger partial charge in [-0.25, -0.2) is 4.79 Å². The highest BCUT2D eigenvalue weighted by Gasteiger charge is 2.27. The molecule has 0 spiro atoms. The maximum absolute atomic E-state index is 11.0. The standard InChI is InChI=1S/C10H13NO5/c1-15-6-3-4-7(11-5-6)8(12)9(13)10(14)16-2/h3-5,8-9,12-13H,1-2H3. The lowest BCUT2D eigenvalue weighted by Gasteiger charge is -2.15. The number of aliphatic hydroxyl groups is 2. The number of ether oxygens (including phenoxy) is 2. The van der Waals surface area contributed by atoms with Gasteiger partial charge in [0.1, 0.15) is 11.9 Å². The Balaban J connectivity index is 2.79. The predicted molar refractivity (Wildman–Crippen MR) is 53.8 cm³/mol. The molecule has 1 rings (SSSR count). The van der Waals surface area contributed by atoms with Gasteiger partial charge in [-0.2, -0.15) is 0 Å². The zero-order valence-corrected chi connectivity index (χ0v) is 8.95. The second kappa shape index (κ2) is 5.43. The fraction of sp³-hybridized carbons (Fsp3) is 0.400. The van der Waals surface area contributed by atoms with Gasteiger partial charge in [0.05, 0.1) is 26.1 Å². The normalized spacial score (nSPS) is 14.0. The molecule has 2 atom stereocenters. The monoisotopic (exact) mass is 227 g/mol. The van der Waals surface area contributed by atoms with Gasteiger partial charge in [-0.05, 0) is 12.1 Å². The molecule has 0 saturated heterocycles. The Morgan fingerprint density at radius 1 is 1.38 bits per heavy atom. The van der Waals surface area contributed by atoms with E-state index in [1.165, 1.54) is 19.4 Å². The molecule has 0 bridgehead atoms. The van der Waals surface area contributed by atoms with Crippen molar-refractivity contribution in [1.82, 2.24) is 4.98 Å². The minimum absolute atomic E-state index is 0.165. The molecule has 2 unspecified atom stereocenters. The molecule has 1 aromatic heterocycles. The first-order chi connectivity index (χ1) is 7.60. The van der Waals surface area contributed by atoms with E-state index in [0.29, 0.717) is 5.75 Å². The number of aliphatic hydroxyl groups excluding tert-OH is 2. The number of pyridine rings is 1. The first kappa shape index (κ1) is 12.4. The summed E-state index contributed by atoms with van der Waals surface area (Å²) >= 11 is 0. The number of aromatic nitrogens is 1. The van der Waals surface area contributed by atoms with Crippen LogP contribution in [0.3, 0.4) is 0 Å². The number of carbonyl (C=O) groups excluding carboxylic acids is 1. The highest BCUT2D eigenvalue weighted by molar-refractivity contribution is 5.75. The zero-order valence-electron chi connectivity index (χ0n) is 8.95. The van der Waals surface area contributed by atoms with E-state index in [1.54, 1.807) is 6.07 Å². The van der Waals surface area contributed by atoms with Crippen molar-refractivity contribution in [1.29, 1.82) is 0 Å². The van der Waals surface area contributed by atoms with Crippen LogP contribution in [0.4, 0.5) is 0 Å². The van der Waals surface area contributed by atoms with Gasteiger partial charge < -0.3 is 19.7 Å². The smallest absolute Gasteiger partial charge is 0.337 e. The molecule has 0 aromatic carbocycles. The molecule has 0 radical (unpaired) electrons. The summed E-state index contributed by atoms with van der Waals surface area (Å²) in [7, 11) is 2.61. The third kappa shape index (κ3) is 2.68. The van der Waals surface area contributed by atoms with E-state index in [4.69, 9.17) is 4.74 Å². The maximum Gasteiger partial charge on any atom is 0.337 e. The van der Waals surface area contributed by atoms with Crippen LogP contribution in [0, 0.1) is 0 Å². The van der Waals surface area contributed by atoms with E-state index in [0.717, 1.165) is 7.11 Å². The summed E-state index contributed by atoms with van der Waals surface area (Å²) in [6.07, 6.45) is -1.69. The van der Waals surface area contributed by atoms with E-state index in [9.17, 15) is 15.0 Å². The second-order valence-electron chi connectivity index (χ2n) is 3.04. The number of rotatable bonds is 4. The first-order valence-corrected chi connectivity index (χ1v) is 4.54. The van der Waals surface area contributed by atoms with E-state index in [1.807, 2.05) is 0 Å². The van der Waals surface area contributed by atoms with Crippen LogP contribution in [0.25, 0.3) is 0 Å². The first-order valence-electron chi connectivity index (χ1n) is 4.54. The van der Waals surface area contributed by atoms with E-state index >= 15 is 0 Å². The Hall–Kier alpha value is -1.66. The molecular weight excluding hydrogens is 214 g/mol. The third-order valence-corrected chi connectivity index (χ3v) is 2.04. The van der Waals surface area contributed by atoms with Gasteiger partial charge in [0, 0.05) is 0 Å². The molecule has 0 aliphatic rings. The number of carbonyl (C=O) groups is 1. The lowest BCUT2D eigenvalue weighted by molar-refractivity contribution is -0.157. The van der Waals surface area contributed by atoms with Crippen molar-refractivity contribution in [3.8, 4) is 5.75 Å². The molecule has 16 heavy (non-hydrogen) atoms. The number of nitrogens with zero attached hydrogens (tertiary/aromatic N) is 1. The topological polar surface area (TPSA) is 88.9 Å². The number of hydrogen-bond acceptors (Lipinski definition) is 6. The summed E-state index contributed by atoms with van der Waals surface area (Å²) in [5, 5.41) is 19.0. The Bertz CT molecular complexity index is 351. The summed E-state index contributed by atoms with van der Waals surface area (Å²) in [4.78, 5) is 14.8. The minimum atomic E-state index is -1.65. The summed E-state index contributed by atoms with van der Waals surface area (Å²) in [6, 6.07) is 3.02. The van der Waals surface area contributed by atoms with Crippen LogP contribution in [-0.4, -0.2) is 41.5 Å². The van der Waals surface area contributed by atoms with E-state index in [-0.39, 0.29) is 5.69 Å². The molecule has 1 aromatic rings. The quantitative estimate of drug-likeness (QED) is 0.684. The molecule has 2 N–H and O–H groups in total. The van der Waals surface area contributed by atoms with Crippen LogP contribution in [0.1, 0.15) is 11.8 Å². The van der Waals surface area contributed by atoms with Gasteiger partial charge in [-0.3, -0.25) is 4.98 Å². The highest BCUT2D eigenvalue weighted by Crippen LogP contribution is 2.17. The highest BCUT2D eigenvalue weighted by atomic mass is 16.5. The Morgan fingerprint density at radius 3 is 2.50 bits per heavy atom. The van der Waals surface area contributed by atoms with Crippen molar-refractivity contribution >= 4 is 5.97 Å². The molecule has 1 heterocycles. The molecule has 0 fully saturated rings. The Morgan fingerprint density at radius 2 is 2.06 bits per heavy atom. The van der Waals surface area contributed by atoms with Crippen molar-refractivity contribution in [2.24, 2.45) is 0 Å². The van der Waals surface area contributed by atoms with Gasteiger partial charge in [0.15, 0.2) is 6.10 Å². The van der Waals surface area contributed by atoms with E-state index < -0.39 is 18.2 Å². The Kier molecular flexibility index (Phi) is 4.21. The second-order valence-corrected chi connectivity index (χ2v) is 3.04. The van der Waals surface area contributed by atoms with Crippen LogP contribution in [0.2, 0.25) is 0 Å². The van der Waals surface area contributed by atoms with Crippen molar-refractivity contribution in [3.05, 3.63) is 24.0 Å². The largest absolute Gasteiger partial charge is 0.495 e. The molecule has 0 amide bonds. The van der Waals surface area contributed by atoms with Crippen molar-refractivity contribution < 1.29 is 24.5 Å². The average Bonchev–Trinajstić information content (AvgIpc) is 2.36. The Labute approximate surface area is 92.5 Å². The molecule has 0 saturated carbocycles. The van der Waals surface area contributed by atoms with Gasteiger partial charge in [0.2, 0.25) is 0 Å². The molecule has 6 nitrogen and oxygen atoms in total. The van der Waals surface area contributed by atoms with Crippen LogP contribution in [0.15, 0.2) is 18.3 Å². The molecule has 0 aliphatic carbocycles. The minimum Gasteiger partial charge on any atom is -0.495 e. The zero-order chi connectivity index (χ0) is 12.1. The third-order valence-electron chi connectivity index (χ3n) is 2.04. The molecule has 88 valence electrons. The van der Waals surface area contributed by atoms with Crippen LogP contribution >= 0.6 is 0 Å². The van der Waals surface area contributed by atoms with Crippen LogP contribution in [-0.2, 0) is 9.53 Å².